The Morgan fingerprint density at radius 2 is 1.91 bits per heavy atom. The fourth-order valence-corrected chi connectivity index (χ4v) is 4.13. The molecule has 1 fully saturated rings. The predicted molar refractivity (Wildman–Crippen MR) is 120 cm³/mol. The van der Waals surface area contributed by atoms with Gasteiger partial charge in [-0.3, -0.25) is 19.6 Å². The molecule has 3 aromatic rings. The number of nitrogens with one attached hydrogen (secondary N) is 1. The van der Waals surface area contributed by atoms with Crippen LogP contribution in [0.5, 0.6) is 0 Å². The summed E-state index contributed by atoms with van der Waals surface area (Å²) in [5.41, 5.74) is 3.98. The standard InChI is InChI=1S/C25H25FN4O2/c1-17(31)29-22-6-2-4-19(15-22)24-25(28-12-11-27-24)20-5-3-13-30(16-20)23(32)14-18-7-9-21(26)10-8-18/h2,4,6-12,15,20H,3,5,13-14,16H2,1H3,(H,29,31). The number of carbonyl (C=O) groups is 2. The summed E-state index contributed by atoms with van der Waals surface area (Å²) < 4.78 is 13.2. The molecule has 2 aromatic carbocycles. The number of benzene rings is 2. The average Bonchev–Trinajstić information content (AvgIpc) is 2.80. The van der Waals surface area contributed by atoms with E-state index in [-0.39, 0.29) is 30.0 Å². The lowest BCUT2D eigenvalue weighted by Gasteiger charge is -2.33. The van der Waals surface area contributed by atoms with Gasteiger partial charge in [0.2, 0.25) is 11.8 Å². The van der Waals surface area contributed by atoms with Crippen molar-refractivity contribution in [2.45, 2.75) is 32.1 Å². The van der Waals surface area contributed by atoms with E-state index >= 15 is 0 Å². The van der Waals surface area contributed by atoms with Crippen LogP contribution in [0.3, 0.4) is 0 Å². The molecule has 1 saturated heterocycles. The number of hydrogen-bond acceptors (Lipinski definition) is 4. The third kappa shape index (κ3) is 5.17. The number of halogens is 1. The number of rotatable bonds is 5. The van der Waals surface area contributed by atoms with E-state index in [2.05, 4.69) is 15.3 Å². The van der Waals surface area contributed by atoms with E-state index in [1.54, 1.807) is 24.5 Å². The maximum atomic E-state index is 13.2. The van der Waals surface area contributed by atoms with Gasteiger partial charge in [-0.05, 0) is 42.7 Å². The molecular weight excluding hydrogens is 407 g/mol. The molecule has 2 heterocycles. The van der Waals surface area contributed by atoms with Gasteiger partial charge in [0.05, 0.1) is 17.8 Å². The topological polar surface area (TPSA) is 75.2 Å². The van der Waals surface area contributed by atoms with Crippen molar-refractivity contribution in [3.8, 4) is 11.3 Å². The largest absolute Gasteiger partial charge is 0.342 e. The first-order valence-electron chi connectivity index (χ1n) is 10.7. The van der Waals surface area contributed by atoms with Gasteiger partial charge >= 0.3 is 0 Å². The van der Waals surface area contributed by atoms with Crippen LogP contribution in [-0.4, -0.2) is 39.8 Å². The molecule has 0 spiro atoms. The van der Waals surface area contributed by atoms with Crippen molar-refractivity contribution in [3.05, 3.63) is 78.0 Å². The zero-order valence-electron chi connectivity index (χ0n) is 17.9. The monoisotopic (exact) mass is 432 g/mol. The third-order valence-electron chi connectivity index (χ3n) is 5.61. The maximum absolute atomic E-state index is 13.2. The molecule has 1 unspecified atom stereocenters. The number of nitrogens with zero attached hydrogens (tertiary/aromatic N) is 3. The third-order valence-corrected chi connectivity index (χ3v) is 5.61. The molecule has 164 valence electrons. The smallest absolute Gasteiger partial charge is 0.227 e. The summed E-state index contributed by atoms with van der Waals surface area (Å²) in [6.07, 6.45) is 5.37. The van der Waals surface area contributed by atoms with Gasteiger partial charge in [-0.2, -0.15) is 0 Å². The van der Waals surface area contributed by atoms with Crippen molar-refractivity contribution in [2.75, 3.05) is 18.4 Å². The van der Waals surface area contributed by atoms with E-state index in [9.17, 15) is 14.0 Å². The summed E-state index contributed by atoms with van der Waals surface area (Å²) in [6, 6.07) is 13.6. The van der Waals surface area contributed by atoms with Gasteiger partial charge in [0, 0.05) is 49.6 Å². The van der Waals surface area contributed by atoms with Crippen LogP contribution < -0.4 is 5.32 Å². The first-order chi connectivity index (χ1) is 15.5. The Labute approximate surface area is 186 Å². The number of amides is 2. The molecule has 2 amide bonds. The summed E-state index contributed by atoms with van der Waals surface area (Å²) in [6.45, 7) is 2.74. The highest BCUT2D eigenvalue weighted by molar-refractivity contribution is 5.89. The van der Waals surface area contributed by atoms with Crippen LogP contribution in [0, 0.1) is 5.82 Å². The lowest BCUT2D eigenvalue weighted by Crippen LogP contribution is -2.40. The Morgan fingerprint density at radius 3 is 2.69 bits per heavy atom. The minimum Gasteiger partial charge on any atom is -0.342 e. The van der Waals surface area contributed by atoms with Crippen LogP contribution in [0.15, 0.2) is 60.9 Å². The molecule has 0 bridgehead atoms. The molecule has 6 nitrogen and oxygen atoms in total. The quantitative estimate of drug-likeness (QED) is 0.656. The molecule has 0 saturated carbocycles. The summed E-state index contributed by atoms with van der Waals surface area (Å²) >= 11 is 0. The highest BCUT2D eigenvalue weighted by Gasteiger charge is 2.28. The molecule has 7 heteroatoms. The summed E-state index contributed by atoms with van der Waals surface area (Å²) in [4.78, 5) is 35.4. The van der Waals surface area contributed by atoms with E-state index < -0.39 is 0 Å². The van der Waals surface area contributed by atoms with Crippen molar-refractivity contribution in [3.63, 3.8) is 0 Å². The highest BCUT2D eigenvalue weighted by Crippen LogP contribution is 2.32. The van der Waals surface area contributed by atoms with Crippen LogP contribution >= 0.6 is 0 Å². The van der Waals surface area contributed by atoms with E-state index in [0.29, 0.717) is 18.8 Å². The van der Waals surface area contributed by atoms with E-state index in [0.717, 1.165) is 35.4 Å². The molecule has 1 aromatic heterocycles. The molecule has 1 aliphatic rings. The number of anilines is 1. The fraction of sp³-hybridized carbons (Fsp3) is 0.280. The lowest BCUT2D eigenvalue weighted by atomic mass is 9.91. The van der Waals surface area contributed by atoms with E-state index in [4.69, 9.17) is 0 Å². The highest BCUT2D eigenvalue weighted by atomic mass is 19.1. The molecule has 1 aliphatic heterocycles. The zero-order valence-corrected chi connectivity index (χ0v) is 17.9. The second-order valence-corrected chi connectivity index (χ2v) is 8.03. The van der Waals surface area contributed by atoms with Gasteiger partial charge in [-0.1, -0.05) is 24.3 Å². The van der Waals surface area contributed by atoms with Crippen LogP contribution in [0.25, 0.3) is 11.3 Å². The molecule has 0 radical (unpaired) electrons. The van der Waals surface area contributed by atoms with Gasteiger partial charge in [0.15, 0.2) is 0 Å². The SMILES string of the molecule is CC(=O)Nc1cccc(-c2nccnc2C2CCCN(C(=O)Cc3ccc(F)cc3)C2)c1. The number of piperidine rings is 1. The minimum absolute atomic E-state index is 0.0272. The molecule has 1 N–H and O–H groups in total. The van der Waals surface area contributed by atoms with Crippen LogP contribution in [0.2, 0.25) is 0 Å². The van der Waals surface area contributed by atoms with Gasteiger partial charge in [0.1, 0.15) is 5.82 Å². The Morgan fingerprint density at radius 1 is 1.12 bits per heavy atom. The maximum Gasteiger partial charge on any atom is 0.227 e. The first-order valence-corrected chi connectivity index (χ1v) is 10.7. The van der Waals surface area contributed by atoms with Gasteiger partial charge in [-0.15, -0.1) is 0 Å². The molecule has 4 rings (SSSR count). The number of likely N-dealkylation sites (tertiary alicyclic amines) is 1. The van der Waals surface area contributed by atoms with Crippen LogP contribution in [0.4, 0.5) is 10.1 Å². The average molecular weight is 432 g/mol. The van der Waals surface area contributed by atoms with Crippen molar-refractivity contribution < 1.29 is 14.0 Å². The van der Waals surface area contributed by atoms with E-state index in [1.165, 1.54) is 19.1 Å². The van der Waals surface area contributed by atoms with Crippen LogP contribution in [-0.2, 0) is 16.0 Å². The minimum atomic E-state index is -0.308. The normalized spacial score (nSPS) is 15.9. The number of hydrogen-bond donors (Lipinski definition) is 1. The van der Waals surface area contributed by atoms with Gasteiger partial charge in [0.25, 0.3) is 0 Å². The molecule has 1 atom stereocenters. The van der Waals surface area contributed by atoms with Crippen molar-refractivity contribution in [1.82, 2.24) is 14.9 Å². The van der Waals surface area contributed by atoms with E-state index in [1.807, 2.05) is 29.2 Å². The summed E-state index contributed by atoms with van der Waals surface area (Å²) in [5.74, 6) is -0.352. The van der Waals surface area contributed by atoms with Crippen molar-refractivity contribution in [2.24, 2.45) is 0 Å². The van der Waals surface area contributed by atoms with Gasteiger partial charge in [-0.25, -0.2) is 4.39 Å². The number of carbonyl (C=O) groups excluding carboxylic acids is 2. The van der Waals surface area contributed by atoms with Crippen molar-refractivity contribution in [1.29, 1.82) is 0 Å². The Kier molecular flexibility index (Phi) is 6.54. The zero-order chi connectivity index (χ0) is 22.5. The fourth-order valence-electron chi connectivity index (χ4n) is 4.13. The Balaban J connectivity index is 1.53. The molecular formula is C25H25FN4O2. The lowest BCUT2D eigenvalue weighted by molar-refractivity contribution is -0.131. The van der Waals surface area contributed by atoms with Crippen LogP contribution in [0.1, 0.15) is 36.9 Å². The molecule has 32 heavy (non-hydrogen) atoms. The summed E-state index contributed by atoms with van der Waals surface area (Å²) in [7, 11) is 0. The summed E-state index contributed by atoms with van der Waals surface area (Å²) in [5, 5.41) is 2.80. The molecule has 0 aliphatic carbocycles. The Hall–Kier alpha value is -3.61. The second-order valence-electron chi connectivity index (χ2n) is 8.03. The van der Waals surface area contributed by atoms with Gasteiger partial charge < -0.3 is 10.2 Å². The second kappa shape index (κ2) is 9.68. The number of aromatic nitrogens is 2. The Bertz CT molecular complexity index is 1120. The first kappa shape index (κ1) is 21.6. The predicted octanol–water partition coefficient (Wildman–Crippen LogP) is 4.19. The van der Waals surface area contributed by atoms with Crippen molar-refractivity contribution >= 4 is 17.5 Å².